The molecule has 0 spiro atoms. The number of aromatic nitrogens is 2. The lowest BCUT2D eigenvalue weighted by Crippen LogP contribution is -2.13. The van der Waals surface area contributed by atoms with Gasteiger partial charge in [-0.05, 0) is 48.9 Å². The SMILES string of the molecule is Nc1cc(-c2ccc3c(c2)CCCC3)n[nH]c1=O. The van der Waals surface area contributed by atoms with E-state index in [2.05, 4.69) is 22.3 Å². The molecule has 0 radical (unpaired) electrons. The van der Waals surface area contributed by atoms with Gasteiger partial charge in [-0.25, -0.2) is 5.10 Å². The molecular formula is C14H15N3O. The molecule has 18 heavy (non-hydrogen) atoms. The second kappa shape index (κ2) is 4.29. The van der Waals surface area contributed by atoms with Crippen LogP contribution in [0, 0.1) is 0 Å². The summed E-state index contributed by atoms with van der Waals surface area (Å²) in [5.41, 5.74) is 10.0. The molecule has 92 valence electrons. The summed E-state index contributed by atoms with van der Waals surface area (Å²) in [6, 6.07) is 8.00. The third kappa shape index (κ3) is 1.90. The van der Waals surface area contributed by atoms with Crippen LogP contribution in [0.5, 0.6) is 0 Å². The van der Waals surface area contributed by atoms with Crippen molar-refractivity contribution in [2.45, 2.75) is 25.7 Å². The van der Waals surface area contributed by atoms with Gasteiger partial charge in [0.15, 0.2) is 0 Å². The number of nitrogen functional groups attached to an aromatic ring is 1. The Labute approximate surface area is 105 Å². The molecule has 0 aliphatic heterocycles. The van der Waals surface area contributed by atoms with Crippen LogP contribution in [0.15, 0.2) is 29.1 Å². The van der Waals surface area contributed by atoms with Gasteiger partial charge in [-0.2, -0.15) is 5.10 Å². The number of anilines is 1. The Morgan fingerprint density at radius 1 is 1.11 bits per heavy atom. The molecule has 0 saturated carbocycles. The van der Waals surface area contributed by atoms with Crippen LogP contribution in [0.1, 0.15) is 24.0 Å². The standard InChI is InChI=1S/C14H15N3O/c15-12-8-13(16-17-14(12)18)11-6-5-9-3-1-2-4-10(9)7-11/h5-8H,1-4H2,(H2,15,16)(H,17,18). The first-order chi connectivity index (χ1) is 8.74. The van der Waals surface area contributed by atoms with E-state index in [0.29, 0.717) is 0 Å². The van der Waals surface area contributed by atoms with E-state index in [1.807, 2.05) is 6.07 Å². The number of nitrogens with zero attached hydrogens (tertiary/aromatic N) is 1. The summed E-state index contributed by atoms with van der Waals surface area (Å²) in [5.74, 6) is 0. The average Bonchev–Trinajstić information content (AvgIpc) is 2.41. The highest BCUT2D eigenvalue weighted by atomic mass is 16.1. The summed E-state index contributed by atoms with van der Waals surface area (Å²) >= 11 is 0. The molecule has 1 aromatic heterocycles. The van der Waals surface area contributed by atoms with Crippen LogP contribution in [-0.4, -0.2) is 10.2 Å². The monoisotopic (exact) mass is 241 g/mol. The van der Waals surface area contributed by atoms with Gasteiger partial charge in [-0.15, -0.1) is 0 Å². The van der Waals surface area contributed by atoms with Crippen molar-refractivity contribution in [3.8, 4) is 11.3 Å². The third-order valence-electron chi connectivity index (χ3n) is 3.48. The van der Waals surface area contributed by atoms with Crippen molar-refractivity contribution >= 4 is 5.69 Å². The van der Waals surface area contributed by atoms with E-state index >= 15 is 0 Å². The number of aryl methyl sites for hydroxylation is 2. The van der Waals surface area contributed by atoms with Crippen LogP contribution in [-0.2, 0) is 12.8 Å². The van der Waals surface area contributed by atoms with Gasteiger partial charge < -0.3 is 5.73 Å². The zero-order valence-electron chi connectivity index (χ0n) is 10.1. The zero-order chi connectivity index (χ0) is 12.5. The predicted molar refractivity (Wildman–Crippen MR) is 71.3 cm³/mol. The molecule has 1 heterocycles. The Morgan fingerprint density at radius 3 is 2.67 bits per heavy atom. The van der Waals surface area contributed by atoms with Crippen LogP contribution < -0.4 is 11.3 Å². The number of nitrogens with two attached hydrogens (primary N) is 1. The summed E-state index contributed by atoms with van der Waals surface area (Å²) in [7, 11) is 0. The summed E-state index contributed by atoms with van der Waals surface area (Å²) in [4.78, 5) is 11.2. The summed E-state index contributed by atoms with van der Waals surface area (Å²) < 4.78 is 0. The van der Waals surface area contributed by atoms with Gasteiger partial charge in [0.2, 0.25) is 0 Å². The number of nitrogens with one attached hydrogen (secondary N) is 1. The highest BCUT2D eigenvalue weighted by Gasteiger charge is 2.11. The van der Waals surface area contributed by atoms with Gasteiger partial charge in [0, 0.05) is 5.56 Å². The lowest BCUT2D eigenvalue weighted by atomic mass is 9.90. The van der Waals surface area contributed by atoms with E-state index in [4.69, 9.17) is 5.73 Å². The smallest absolute Gasteiger partial charge is 0.287 e. The Balaban J connectivity index is 2.06. The van der Waals surface area contributed by atoms with Crippen molar-refractivity contribution in [1.29, 1.82) is 0 Å². The Bertz CT molecular complexity index is 646. The summed E-state index contributed by atoms with van der Waals surface area (Å²) in [6.07, 6.45) is 4.81. The van der Waals surface area contributed by atoms with Gasteiger partial charge in [0.1, 0.15) is 5.69 Å². The van der Waals surface area contributed by atoms with Crippen molar-refractivity contribution in [2.24, 2.45) is 0 Å². The minimum atomic E-state index is -0.336. The second-order valence-electron chi connectivity index (χ2n) is 4.73. The van der Waals surface area contributed by atoms with Gasteiger partial charge in [0.25, 0.3) is 5.56 Å². The first kappa shape index (κ1) is 11.0. The first-order valence-corrected chi connectivity index (χ1v) is 6.21. The number of aromatic amines is 1. The summed E-state index contributed by atoms with van der Waals surface area (Å²) in [5, 5.41) is 6.46. The van der Waals surface area contributed by atoms with Crippen LogP contribution in [0.25, 0.3) is 11.3 Å². The number of H-pyrrole nitrogens is 1. The number of benzene rings is 1. The molecule has 0 atom stereocenters. The van der Waals surface area contributed by atoms with Crippen LogP contribution in [0.2, 0.25) is 0 Å². The normalized spacial score (nSPS) is 14.2. The quantitative estimate of drug-likeness (QED) is 0.801. The lowest BCUT2D eigenvalue weighted by Gasteiger charge is -2.16. The van der Waals surface area contributed by atoms with E-state index in [9.17, 15) is 4.79 Å². The van der Waals surface area contributed by atoms with E-state index in [1.54, 1.807) is 6.07 Å². The minimum absolute atomic E-state index is 0.206. The number of hydrogen-bond donors (Lipinski definition) is 2. The third-order valence-corrected chi connectivity index (χ3v) is 3.48. The fourth-order valence-corrected chi connectivity index (χ4v) is 2.46. The second-order valence-corrected chi connectivity index (χ2v) is 4.73. The molecule has 2 aromatic rings. The maximum absolute atomic E-state index is 11.2. The maximum Gasteiger partial charge on any atom is 0.287 e. The number of fused-ring (bicyclic) bond motifs is 1. The molecule has 0 unspecified atom stereocenters. The zero-order valence-corrected chi connectivity index (χ0v) is 10.1. The molecular weight excluding hydrogens is 226 g/mol. The van der Waals surface area contributed by atoms with Crippen LogP contribution in [0.4, 0.5) is 5.69 Å². The molecule has 1 aliphatic carbocycles. The molecule has 0 bridgehead atoms. The molecule has 1 aliphatic rings. The molecule has 0 amide bonds. The van der Waals surface area contributed by atoms with E-state index in [1.165, 1.54) is 24.0 Å². The summed E-state index contributed by atoms with van der Waals surface area (Å²) in [6.45, 7) is 0. The van der Waals surface area contributed by atoms with Crippen molar-refractivity contribution in [2.75, 3.05) is 5.73 Å². The lowest BCUT2D eigenvalue weighted by molar-refractivity contribution is 0.686. The van der Waals surface area contributed by atoms with Crippen molar-refractivity contribution in [3.63, 3.8) is 0 Å². The fraction of sp³-hybridized carbons (Fsp3) is 0.286. The van der Waals surface area contributed by atoms with Crippen LogP contribution in [0.3, 0.4) is 0 Å². The van der Waals surface area contributed by atoms with Crippen molar-refractivity contribution in [3.05, 3.63) is 45.7 Å². The Hall–Kier alpha value is -2.10. The highest BCUT2D eigenvalue weighted by molar-refractivity contribution is 5.63. The van der Waals surface area contributed by atoms with Crippen LogP contribution >= 0.6 is 0 Å². The van der Waals surface area contributed by atoms with Gasteiger partial charge in [0.05, 0.1) is 5.69 Å². The van der Waals surface area contributed by atoms with Crippen molar-refractivity contribution in [1.82, 2.24) is 10.2 Å². The maximum atomic E-state index is 11.2. The first-order valence-electron chi connectivity index (χ1n) is 6.21. The Kier molecular flexibility index (Phi) is 2.63. The van der Waals surface area contributed by atoms with E-state index in [0.717, 1.165) is 24.1 Å². The van der Waals surface area contributed by atoms with E-state index < -0.39 is 0 Å². The number of rotatable bonds is 1. The highest BCUT2D eigenvalue weighted by Crippen LogP contribution is 2.26. The minimum Gasteiger partial charge on any atom is -0.394 e. The largest absolute Gasteiger partial charge is 0.394 e. The Morgan fingerprint density at radius 2 is 1.89 bits per heavy atom. The molecule has 1 aromatic carbocycles. The molecule has 3 N–H and O–H groups in total. The average molecular weight is 241 g/mol. The molecule has 4 nitrogen and oxygen atoms in total. The molecule has 4 heteroatoms. The van der Waals surface area contributed by atoms with Gasteiger partial charge in [-0.3, -0.25) is 4.79 Å². The van der Waals surface area contributed by atoms with Gasteiger partial charge >= 0.3 is 0 Å². The van der Waals surface area contributed by atoms with Gasteiger partial charge in [-0.1, -0.05) is 12.1 Å². The topological polar surface area (TPSA) is 71.8 Å². The molecule has 3 rings (SSSR count). The molecule has 0 fully saturated rings. The number of hydrogen-bond acceptors (Lipinski definition) is 3. The predicted octanol–water partition coefficient (Wildman–Crippen LogP) is 1.90. The van der Waals surface area contributed by atoms with Crippen molar-refractivity contribution < 1.29 is 0 Å². The fourth-order valence-electron chi connectivity index (χ4n) is 2.46. The van der Waals surface area contributed by atoms with E-state index in [-0.39, 0.29) is 11.2 Å². The molecule has 0 saturated heterocycles.